The highest BCUT2D eigenvalue weighted by Crippen LogP contribution is 2.25. The van der Waals surface area contributed by atoms with Gasteiger partial charge in [0, 0.05) is 10.2 Å². The predicted octanol–water partition coefficient (Wildman–Crippen LogP) is 3.29. The van der Waals surface area contributed by atoms with Gasteiger partial charge in [-0.1, -0.05) is 11.6 Å². The quantitative estimate of drug-likeness (QED) is 0.925. The highest BCUT2D eigenvalue weighted by Gasteiger charge is 2.12. The molecule has 0 saturated carbocycles. The van der Waals surface area contributed by atoms with Crippen LogP contribution in [0.25, 0.3) is 5.69 Å². The first kappa shape index (κ1) is 12.1. The maximum atomic E-state index is 10.8. The highest BCUT2D eigenvalue weighted by molar-refractivity contribution is 9.10. The number of hydrogen-bond donors (Lipinski definition) is 1. The van der Waals surface area contributed by atoms with Crippen molar-refractivity contribution < 1.29 is 9.90 Å². The fourth-order valence-corrected chi connectivity index (χ4v) is 1.94. The third-order valence-corrected chi connectivity index (χ3v) is 3.47. The van der Waals surface area contributed by atoms with E-state index >= 15 is 0 Å². The Kier molecular flexibility index (Phi) is 3.22. The van der Waals surface area contributed by atoms with E-state index in [9.17, 15) is 4.79 Å². The molecule has 0 bridgehead atoms. The number of aryl methyl sites for hydroxylation is 1. The molecule has 0 atom stereocenters. The van der Waals surface area contributed by atoms with Crippen molar-refractivity contribution in [3.8, 4) is 5.69 Å². The number of hydrogen-bond acceptors (Lipinski definition) is 2. The standard InChI is InChI=1S/C11H8BrClN2O2/c1-6-4-10(11(16)17)14-15(6)7-2-3-9(13)8(12)5-7/h2-5H,1H3,(H,16,17). The van der Waals surface area contributed by atoms with Crippen LogP contribution in [0.15, 0.2) is 28.7 Å². The summed E-state index contributed by atoms with van der Waals surface area (Å²) in [5.41, 5.74) is 1.52. The molecule has 0 spiro atoms. The number of aromatic carboxylic acids is 1. The van der Waals surface area contributed by atoms with E-state index in [1.54, 1.807) is 29.8 Å². The molecule has 0 amide bonds. The Hall–Kier alpha value is -1.33. The number of carboxylic acid groups (broad SMARTS) is 1. The van der Waals surface area contributed by atoms with E-state index < -0.39 is 5.97 Å². The zero-order valence-electron chi connectivity index (χ0n) is 8.82. The Labute approximate surface area is 111 Å². The summed E-state index contributed by atoms with van der Waals surface area (Å²) in [6.45, 7) is 1.79. The molecule has 88 valence electrons. The Morgan fingerprint density at radius 3 is 2.71 bits per heavy atom. The van der Waals surface area contributed by atoms with Crippen LogP contribution in [0.3, 0.4) is 0 Å². The van der Waals surface area contributed by atoms with Crippen LogP contribution < -0.4 is 0 Å². The number of carbonyl (C=O) groups is 1. The Morgan fingerprint density at radius 1 is 1.47 bits per heavy atom. The minimum Gasteiger partial charge on any atom is -0.476 e. The molecule has 0 aliphatic carbocycles. The van der Waals surface area contributed by atoms with Gasteiger partial charge in [0.2, 0.25) is 0 Å². The SMILES string of the molecule is Cc1cc(C(=O)O)nn1-c1ccc(Cl)c(Br)c1. The second-order valence-electron chi connectivity index (χ2n) is 3.49. The first-order chi connectivity index (χ1) is 7.99. The van der Waals surface area contributed by atoms with Crippen LogP contribution in [0.1, 0.15) is 16.2 Å². The first-order valence-electron chi connectivity index (χ1n) is 4.74. The van der Waals surface area contributed by atoms with Crippen molar-refractivity contribution >= 4 is 33.5 Å². The van der Waals surface area contributed by atoms with Crippen molar-refractivity contribution in [3.05, 3.63) is 45.1 Å². The third kappa shape index (κ3) is 2.35. The zero-order chi connectivity index (χ0) is 12.6. The molecule has 1 heterocycles. The lowest BCUT2D eigenvalue weighted by Gasteiger charge is -2.05. The van der Waals surface area contributed by atoms with E-state index in [4.69, 9.17) is 16.7 Å². The highest BCUT2D eigenvalue weighted by atomic mass is 79.9. The number of benzene rings is 1. The van der Waals surface area contributed by atoms with E-state index in [0.717, 1.165) is 15.9 Å². The van der Waals surface area contributed by atoms with Gasteiger partial charge in [0.15, 0.2) is 5.69 Å². The molecule has 1 N–H and O–H groups in total. The molecular weight excluding hydrogens is 307 g/mol. The Balaban J connectivity index is 2.52. The molecule has 0 aliphatic rings. The summed E-state index contributed by atoms with van der Waals surface area (Å²) in [6.07, 6.45) is 0. The normalized spacial score (nSPS) is 10.5. The summed E-state index contributed by atoms with van der Waals surface area (Å²) in [7, 11) is 0. The molecule has 0 saturated heterocycles. The van der Waals surface area contributed by atoms with Crippen LogP contribution in [0.5, 0.6) is 0 Å². The van der Waals surface area contributed by atoms with Gasteiger partial charge < -0.3 is 5.11 Å². The summed E-state index contributed by atoms with van der Waals surface area (Å²) in [5.74, 6) is -1.04. The maximum Gasteiger partial charge on any atom is 0.356 e. The minimum absolute atomic E-state index is 0.0218. The average molecular weight is 316 g/mol. The Morgan fingerprint density at radius 2 is 2.18 bits per heavy atom. The third-order valence-electron chi connectivity index (χ3n) is 2.25. The van der Waals surface area contributed by atoms with Crippen LogP contribution >= 0.6 is 27.5 Å². The van der Waals surface area contributed by atoms with Crippen LogP contribution in [-0.4, -0.2) is 20.9 Å². The van der Waals surface area contributed by atoms with Crippen LogP contribution in [0.4, 0.5) is 0 Å². The lowest BCUT2D eigenvalue weighted by atomic mass is 10.3. The summed E-state index contributed by atoms with van der Waals surface area (Å²) in [4.78, 5) is 10.8. The Bertz CT molecular complexity index is 595. The lowest BCUT2D eigenvalue weighted by molar-refractivity contribution is 0.0690. The van der Waals surface area contributed by atoms with E-state index in [1.165, 1.54) is 6.07 Å². The van der Waals surface area contributed by atoms with Gasteiger partial charge in [0.05, 0.1) is 10.7 Å². The molecule has 0 unspecified atom stereocenters. The molecule has 2 rings (SSSR count). The predicted molar refractivity (Wildman–Crippen MR) is 68.0 cm³/mol. The van der Waals surface area contributed by atoms with Crippen molar-refractivity contribution in [2.24, 2.45) is 0 Å². The monoisotopic (exact) mass is 314 g/mol. The van der Waals surface area contributed by atoms with Gasteiger partial charge in [-0.15, -0.1) is 0 Å². The topological polar surface area (TPSA) is 55.1 Å². The number of rotatable bonds is 2. The second-order valence-corrected chi connectivity index (χ2v) is 4.75. The van der Waals surface area contributed by atoms with E-state index in [0.29, 0.717) is 5.02 Å². The molecule has 1 aromatic heterocycles. The molecule has 0 fully saturated rings. The fraction of sp³-hybridized carbons (Fsp3) is 0.0909. The van der Waals surface area contributed by atoms with Gasteiger partial charge >= 0.3 is 5.97 Å². The number of halogens is 2. The van der Waals surface area contributed by atoms with E-state index in [2.05, 4.69) is 21.0 Å². The van der Waals surface area contributed by atoms with E-state index in [1.807, 2.05) is 0 Å². The largest absolute Gasteiger partial charge is 0.476 e. The summed E-state index contributed by atoms with van der Waals surface area (Å²) >= 11 is 9.21. The van der Waals surface area contributed by atoms with Gasteiger partial charge in [0.25, 0.3) is 0 Å². The summed E-state index contributed by atoms with van der Waals surface area (Å²) < 4.78 is 2.30. The molecule has 2 aromatic rings. The fourth-order valence-electron chi connectivity index (χ4n) is 1.46. The number of nitrogens with zero attached hydrogens (tertiary/aromatic N) is 2. The molecule has 1 aromatic carbocycles. The van der Waals surface area contributed by atoms with Crippen molar-refractivity contribution in [1.29, 1.82) is 0 Å². The molecule has 17 heavy (non-hydrogen) atoms. The molecular formula is C11H8BrClN2O2. The van der Waals surface area contributed by atoms with Crippen LogP contribution in [0.2, 0.25) is 5.02 Å². The minimum atomic E-state index is -1.04. The summed E-state index contributed by atoms with van der Waals surface area (Å²) in [6, 6.07) is 6.81. The van der Waals surface area contributed by atoms with Crippen molar-refractivity contribution in [1.82, 2.24) is 9.78 Å². The van der Waals surface area contributed by atoms with Crippen LogP contribution in [-0.2, 0) is 0 Å². The first-order valence-corrected chi connectivity index (χ1v) is 5.91. The van der Waals surface area contributed by atoms with Gasteiger partial charge in [-0.3, -0.25) is 0 Å². The van der Waals surface area contributed by atoms with Crippen molar-refractivity contribution in [2.45, 2.75) is 6.92 Å². The maximum absolute atomic E-state index is 10.8. The zero-order valence-corrected chi connectivity index (χ0v) is 11.2. The average Bonchev–Trinajstić information content (AvgIpc) is 2.65. The molecule has 6 heteroatoms. The van der Waals surface area contributed by atoms with Gasteiger partial charge in [0.1, 0.15) is 0 Å². The van der Waals surface area contributed by atoms with Crippen LogP contribution in [0, 0.1) is 6.92 Å². The molecule has 0 radical (unpaired) electrons. The van der Waals surface area contributed by atoms with Crippen molar-refractivity contribution in [3.63, 3.8) is 0 Å². The van der Waals surface area contributed by atoms with Gasteiger partial charge in [-0.05, 0) is 47.1 Å². The second kappa shape index (κ2) is 4.50. The summed E-state index contributed by atoms with van der Waals surface area (Å²) in [5, 5.41) is 13.5. The van der Waals surface area contributed by atoms with E-state index in [-0.39, 0.29) is 5.69 Å². The molecule has 4 nitrogen and oxygen atoms in total. The van der Waals surface area contributed by atoms with Gasteiger partial charge in [-0.2, -0.15) is 5.10 Å². The number of aromatic nitrogens is 2. The smallest absolute Gasteiger partial charge is 0.356 e. The van der Waals surface area contributed by atoms with Gasteiger partial charge in [-0.25, -0.2) is 9.48 Å². The number of carboxylic acids is 1. The van der Waals surface area contributed by atoms with Crippen molar-refractivity contribution in [2.75, 3.05) is 0 Å². The lowest BCUT2D eigenvalue weighted by Crippen LogP contribution is -2.02. The molecule has 0 aliphatic heterocycles.